The Morgan fingerprint density at radius 1 is 1.32 bits per heavy atom. The summed E-state index contributed by atoms with van der Waals surface area (Å²) < 4.78 is 1.85. The summed E-state index contributed by atoms with van der Waals surface area (Å²) >= 11 is 0. The van der Waals surface area contributed by atoms with Gasteiger partial charge in [0.05, 0.1) is 6.33 Å². The number of nitrogens with two attached hydrogens (primary N) is 1. The second kappa shape index (κ2) is 5.98. The standard InChI is InChI=1S/C15H18N6O/c1-21-9-18-12-14(17-6-3-7-22)19-13(20-15(12)21)10-4-2-5-11(16)8-10/h2,4-5,8-9,22H,3,6-7,16H2,1H3,(H,17,19,20). The molecule has 0 atom stereocenters. The topological polar surface area (TPSA) is 102 Å². The molecule has 22 heavy (non-hydrogen) atoms. The van der Waals surface area contributed by atoms with Gasteiger partial charge in [-0.25, -0.2) is 15.0 Å². The van der Waals surface area contributed by atoms with Gasteiger partial charge in [-0.2, -0.15) is 0 Å². The molecular weight excluding hydrogens is 280 g/mol. The summed E-state index contributed by atoms with van der Waals surface area (Å²) in [4.78, 5) is 13.5. The number of rotatable bonds is 5. The fourth-order valence-electron chi connectivity index (χ4n) is 2.22. The van der Waals surface area contributed by atoms with E-state index >= 15 is 0 Å². The molecule has 114 valence electrons. The van der Waals surface area contributed by atoms with Gasteiger partial charge in [0.15, 0.2) is 17.3 Å². The first-order valence-corrected chi connectivity index (χ1v) is 7.09. The molecule has 0 saturated heterocycles. The minimum absolute atomic E-state index is 0.130. The summed E-state index contributed by atoms with van der Waals surface area (Å²) in [5.74, 6) is 1.26. The number of aliphatic hydroxyl groups excluding tert-OH is 1. The molecule has 7 heteroatoms. The van der Waals surface area contributed by atoms with Crippen molar-refractivity contribution in [2.24, 2.45) is 7.05 Å². The Morgan fingerprint density at radius 2 is 2.18 bits per heavy atom. The summed E-state index contributed by atoms with van der Waals surface area (Å²) in [6.07, 6.45) is 2.35. The van der Waals surface area contributed by atoms with Gasteiger partial charge in [-0.15, -0.1) is 0 Å². The van der Waals surface area contributed by atoms with Crippen molar-refractivity contribution >= 4 is 22.7 Å². The van der Waals surface area contributed by atoms with E-state index in [0.717, 1.165) is 11.2 Å². The van der Waals surface area contributed by atoms with Gasteiger partial charge in [0.25, 0.3) is 0 Å². The number of aliphatic hydroxyl groups is 1. The van der Waals surface area contributed by atoms with Crippen molar-refractivity contribution in [1.29, 1.82) is 0 Å². The summed E-state index contributed by atoms with van der Waals surface area (Å²) in [6.45, 7) is 0.751. The van der Waals surface area contributed by atoms with Gasteiger partial charge in [-0.1, -0.05) is 12.1 Å². The molecule has 0 fully saturated rings. The van der Waals surface area contributed by atoms with Crippen molar-refractivity contribution in [3.63, 3.8) is 0 Å². The zero-order chi connectivity index (χ0) is 15.5. The van der Waals surface area contributed by atoms with Crippen LogP contribution in [0.2, 0.25) is 0 Å². The number of imidazole rings is 1. The second-order valence-corrected chi connectivity index (χ2v) is 5.05. The lowest BCUT2D eigenvalue weighted by atomic mass is 10.2. The zero-order valence-electron chi connectivity index (χ0n) is 12.3. The lowest BCUT2D eigenvalue weighted by Crippen LogP contribution is -2.07. The molecule has 1 aromatic carbocycles. The van der Waals surface area contributed by atoms with Crippen LogP contribution in [-0.4, -0.2) is 37.8 Å². The molecule has 2 aromatic heterocycles. The molecule has 0 radical (unpaired) electrons. The molecule has 2 heterocycles. The Labute approximate surface area is 127 Å². The van der Waals surface area contributed by atoms with Crippen LogP contribution in [0.4, 0.5) is 11.5 Å². The number of nitrogens with zero attached hydrogens (tertiary/aromatic N) is 4. The third-order valence-electron chi connectivity index (χ3n) is 3.33. The molecule has 0 aliphatic carbocycles. The average molecular weight is 298 g/mol. The van der Waals surface area contributed by atoms with E-state index in [1.807, 2.05) is 35.9 Å². The van der Waals surface area contributed by atoms with Crippen LogP contribution in [0.25, 0.3) is 22.6 Å². The van der Waals surface area contributed by atoms with Gasteiger partial charge in [0.1, 0.15) is 5.52 Å². The Kier molecular flexibility index (Phi) is 3.88. The van der Waals surface area contributed by atoms with Crippen LogP contribution in [-0.2, 0) is 7.05 Å². The highest BCUT2D eigenvalue weighted by atomic mass is 16.3. The molecule has 0 aliphatic heterocycles. The molecule has 0 bridgehead atoms. The predicted octanol–water partition coefficient (Wildman–Crippen LogP) is 1.41. The minimum atomic E-state index is 0.130. The largest absolute Gasteiger partial charge is 0.399 e. The van der Waals surface area contributed by atoms with Crippen molar-refractivity contribution in [3.8, 4) is 11.4 Å². The highest BCUT2D eigenvalue weighted by Gasteiger charge is 2.13. The van der Waals surface area contributed by atoms with E-state index in [-0.39, 0.29) is 6.61 Å². The van der Waals surface area contributed by atoms with E-state index in [1.54, 1.807) is 6.33 Å². The van der Waals surface area contributed by atoms with Crippen LogP contribution in [0.15, 0.2) is 30.6 Å². The van der Waals surface area contributed by atoms with E-state index in [4.69, 9.17) is 10.8 Å². The SMILES string of the molecule is Cn1cnc2c(NCCCO)nc(-c3cccc(N)c3)nc21. The fraction of sp³-hybridized carbons (Fsp3) is 0.267. The Hall–Kier alpha value is -2.67. The van der Waals surface area contributed by atoms with E-state index in [2.05, 4.69) is 20.3 Å². The Morgan fingerprint density at radius 3 is 2.95 bits per heavy atom. The first-order chi connectivity index (χ1) is 10.7. The Balaban J connectivity index is 2.09. The highest BCUT2D eigenvalue weighted by molar-refractivity contribution is 5.85. The van der Waals surface area contributed by atoms with Crippen LogP contribution in [0, 0.1) is 0 Å². The smallest absolute Gasteiger partial charge is 0.165 e. The molecule has 7 nitrogen and oxygen atoms in total. The number of fused-ring (bicyclic) bond motifs is 1. The molecule has 4 N–H and O–H groups in total. The van der Waals surface area contributed by atoms with Gasteiger partial charge in [-0.3, -0.25) is 0 Å². The Bertz CT molecular complexity index is 798. The van der Waals surface area contributed by atoms with Gasteiger partial charge in [-0.05, 0) is 18.6 Å². The predicted molar refractivity (Wildman–Crippen MR) is 86.3 cm³/mol. The van der Waals surface area contributed by atoms with Crippen LogP contribution in [0.5, 0.6) is 0 Å². The number of hydrogen-bond donors (Lipinski definition) is 3. The molecule has 3 aromatic rings. The fourth-order valence-corrected chi connectivity index (χ4v) is 2.22. The average Bonchev–Trinajstić information content (AvgIpc) is 2.89. The van der Waals surface area contributed by atoms with E-state index < -0.39 is 0 Å². The molecule has 3 rings (SSSR count). The highest BCUT2D eigenvalue weighted by Crippen LogP contribution is 2.24. The van der Waals surface area contributed by atoms with Crippen molar-refractivity contribution in [1.82, 2.24) is 19.5 Å². The van der Waals surface area contributed by atoms with Gasteiger partial charge < -0.3 is 20.7 Å². The normalized spacial score (nSPS) is 11.0. The quantitative estimate of drug-likeness (QED) is 0.486. The van der Waals surface area contributed by atoms with Crippen molar-refractivity contribution in [3.05, 3.63) is 30.6 Å². The molecule has 0 aliphatic rings. The van der Waals surface area contributed by atoms with Crippen molar-refractivity contribution in [2.45, 2.75) is 6.42 Å². The van der Waals surface area contributed by atoms with E-state index in [0.29, 0.717) is 35.8 Å². The lowest BCUT2D eigenvalue weighted by Gasteiger charge is -2.08. The molecule has 0 spiro atoms. The second-order valence-electron chi connectivity index (χ2n) is 5.05. The molecule has 0 amide bonds. The van der Waals surface area contributed by atoms with E-state index in [1.165, 1.54) is 0 Å². The first-order valence-electron chi connectivity index (χ1n) is 7.09. The summed E-state index contributed by atoms with van der Waals surface area (Å²) in [5, 5.41) is 12.1. The molecule has 0 saturated carbocycles. The van der Waals surface area contributed by atoms with Crippen molar-refractivity contribution in [2.75, 3.05) is 24.2 Å². The summed E-state index contributed by atoms with van der Waals surface area (Å²) in [7, 11) is 1.89. The summed E-state index contributed by atoms with van der Waals surface area (Å²) in [6, 6.07) is 7.47. The van der Waals surface area contributed by atoms with E-state index in [9.17, 15) is 0 Å². The number of nitrogen functional groups attached to an aromatic ring is 1. The minimum Gasteiger partial charge on any atom is -0.399 e. The van der Waals surface area contributed by atoms with Crippen LogP contribution in [0.3, 0.4) is 0 Å². The van der Waals surface area contributed by atoms with Crippen LogP contribution < -0.4 is 11.1 Å². The zero-order valence-corrected chi connectivity index (χ0v) is 12.3. The van der Waals surface area contributed by atoms with Crippen molar-refractivity contribution < 1.29 is 5.11 Å². The maximum atomic E-state index is 8.92. The summed E-state index contributed by atoms with van der Waals surface area (Å²) in [5.41, 5.74) is 8.83. The number of hydrogen-bond acceptors (Lipinski definition) is 6. The number of aryl methyl sites for hydroxylation is 1. The van der Waals surface area contributed by atoms with Gasteiger partial charge >= 0.3 is 0 Å². The van der Waals surface area contributed by atoms with Gasteiger partial charge in [0, 0.05) is 31.5 Å². The molecule has 0 unspecified atom stereocenters. The van der Waals surface area contributed by atoms with Crippen LogP contribution >= 0.6 is 0 Å². The third-order valence-corrected chi connectivity index (χ3v) is 3.33. The number of nitrogens with one attached hydrogen (secondary N) is 1. The van der Waals surface area contributed by atoms with Crippen LogP contribution in [0.1, 0.15) is 6.42 Å². The maximum absolute atomic E-state index is 8.92. The number of aromatic nitrogens is 4. The number of benzene rings is 1. The first kappa shape index (κ1) is 14.3. The molecular formula is C15H18N6O. The monoisotopic (exact) mass is 298 g/mol. The number of anilines is 2. The van der Waals surface area contributed by atoms with Gasteiger partial charge in [0.2, 0.25) is 0 Å². The third kappa shape index (κ3) is 2.71. The lowest BCUT2D eigenvalue weighted by molar-refractivity contribution is 0.292. The maximum Gasteiger partial charge on any atom is 0.165 e.